The molecule has 0 bridgehead atoms. The Bertz CT molecular complexity index is 1040. The van der Waals surface area contributed by atoms with Gasteiger partial charge in [-0.3, -0.25) is 19.8 Å². The highest BCUT2D eigenvalue weighted by atomic mass is 35.5. The van der Waals surface area contributed by atoms with Crippen molar-refractivity contribution in [2.24, 2.45) is 0 Å². The minimum Gasteiger partial charge on any atom is -0.497 e. The summed E-state index contributed by atoms with van der Waals surface area (Å²) in [6.07, 6.45) is 1.40. The first-order chi connectivity index (χ1) is 14.4. The van der Waals surface area contributed by atoms with E-state index in [9.17, 15) is 9.59 Å². The van der Waals surface area contributed by atoms with E-state index in [1.807, 2.05) is 6.92 Å². The standard InChI is InChI=1S/C21H19ClN2O5S/c1-4-29-18-11-16(22)12(10-17(18)28-3)9-15-19(25)23-21(30)24(20(15)26)13-5-7-14(27-2)8-6-13/h5-11H,4H2,1-3H3,(H,23,25,30). The molecule has 0 aliphatic carbocycles. The number of carbonyl (C=O) groups excluding carboxylic acids is 2. The van der Waals surface area contributed by atoms with Crippen molar-refractivity contribution in [2.75, 3.05) is 25.7 Å². The van der Waals surface area contributed by atoms with Gasteiger partial charge in [0, 0.05) is 6.07 Å². The second kappa shape index (κ2) is 9.15. The Morgan fingerprint density at radius 2 is 1.80 bits per heavy atom. The summed E-state index contributed by atoms with van der Waals surface area (Å²) in [5.74, 6) is 0.339. The Morgan fingerprint density at radius 1 is 1.10 bits per heavy atom. The fourth-order valence-electron chi connectivity index (χ4n) is 2.87. The largest absolute Gasteiger partial charge is 0.497 e. The highest BCUT2D eigenvalue weighted by molar-refractivity contribution is 7.80. The third-order valence-corrected chi connectivity index (χ3v) is 4.93. The highest BCUT2D eigenvalue weighted by Crippen LogP contribution is 2.35. The van der Waals surface area contributed by atoms with Crippen molar-refractivity contribution in [3.05, 3.63) is 52.6 Å². The van der Waals surface area contributed by atoms with E-state index < -0.39 is 11.8 Å². The first kappa shape index (κ1) is 21.6. The van der Waals surface area contributed by atoms with Crippen LogP contribution in [0.2, 0.25) is 5.02 Å². The molecule has 7 nitrogen and oxygen atoms in total. The SMILES string of the molecule is CCOc1cc(Cl)c(C=C2C(=O)NC(=S)N(c3ccc(OC)cc3)C2=O)cc1OC. The molecular formula is C21H19ClN2O5S. The lowest BCUT2D eigenvalue weighted by Gasteiger charge is -2.29. The van der Waals surface area contributed by atoms with Gasteiger partial charge in [-0.25, -0.2) is 0 Å². The topological polar surface area (TPSA) is 77.1 Å². The van der Waals surface area contributed by atoms with Gasteiger partial charge in [0.15, 0.2) is 16.6 Å². The molecule has 1 N–H and O–H groups in total. The first-order valence-electron chi connectivity index (χ1n) is 8.95. The molecule has 0 aromatic heterocycles. The predicted octanol–water partition coefficient (Wildman–Crippen LogP) is 3.59. The first-order valence-corrected chi connectivity index (χ1v) is 9.74. The Hall–Kier alpha value is -3.10. The van der Waals surface area contributed by atoms with Crippen molar-refractivity contribution in [1.29, 1.82) is 0 Å². The lowest BCUT2D eigenvalue weighted by atomic mass is 10.1. The average Bonchev–Trinajstić information content (AvgIpc) is 2.73. The van der Waals surface area contributed by atoms with Gasteiger partial charge in [0.25, 0.3) is 11.8 Å². The minimum absolute atomic E-state index is 0.0114. The monoisotopic (exact) mass is 446 g/mol. The van der Waals surface area contributed by atoms with Crippen LogP contribution in [0, 0.1) is 0 Å². The van der Waals surface area contributed by atoms with E-state index in [0.717, 1.165) is 0 Å². The molecule has 1 fully saturated rings. The molecule has 0 radical (unpaired) electrons. The molecule has 0 spiro atoms. The molecule has 1 saturated heterocycles. The quantitative estimate of drug-likeness (QED) is 0.415. The van der Waals surface area contributed by atoms with Crippen molar-refractivity contribution in [1.82, 2.24) is 5.32 Å². The Balaban J connectivity index is 2.02. The van der Waals surface area contributed by atoms with Gasteiger partial charge >= 0.3 is 0 Å². The van der Waals surface area contributed by atoms with E-state index >= 15 is 0 Å². The number of carbonyl (C=O) groups is 2. The highest BCUT2D eigenvalue weighted by Gasteiger charge is 2.34. The van der Waals surface area contributed by atoms with E-state index in [-0.39, 0.29) is 10.7 Å². The fraction of sp³-hybridized carbons (Fsp3) is 0.190. The van der Waals surface area contributed by atoms with Crippen molar-refractivity contribution >= 4 is 52.5 Å². The summed E-state index contributed by atoms with van der Waals surface area (Å²) >= 11 is 11.6. The van der Waals surface area contributed by atoms with Crippen molar-refractivity contribution in [3.8, 4) is 17.2 Å². The van der Waals surface area contributed by atoms with Gasteiger partial charge in [0.05, 0.1) is 31.5 Å². The van der Waals surface area contributed by atoms with Gasteiger partial charge in [0.2, 0.25) is 0 Å². The summed E-state index contributed by atoms with van der Waals surface area (Å²) in [6, 6.07) is 9.91. The van der Waals surface area contributed by atoms with E-state index in [4.69, 9.17) is 38.0 Å². The number of hydrogen-bond acceptors (Lipinski definition) is 6. The zero-order valence-corrected chi connectivity index (χ0v) is 18.1. The lowest BCUT2D eigenvalue weighted by Crippen LogP contribution is -2.54. The normalized spacial score (nSPS) is 15.3. The summed E-state index contributed by atoms with van der Waals surface area (Å²) in [4.78, 5) is 26.9. The second-order valence-corrected chi connectivity index (χ2v) is 6.91. The number of hydrogen-bond donors (Lipinski definition) is 1. The number of ether oxygens (including phenoxy) is 3. The Labute approximate surface area is 184 Å². The number of thiocarbonyl (C=S) groups is 1. The van der Waals surface area contributed by atoms with Crippen LogP contribution in [-0.2, 0) is 9.59 Å². The third kappa shape index (κ3) is 4.24. The number of benzene rings is 2. The Morgan fingerprint density at radius 3 is 2.40 bits per heavy atom. The molecule has 0 atom stereocenters. The molecule has 30 heavy (non-hydrogen) atoms. The zero-order valence-electron chi connectivity index (χ0n) is 16.5. The minimum atomic E-state index is -0.612. The van der Waals surface area contributed by atoms with Gasteiger partial charge in [-0.15, -0.1) is 0 Å². The van der Waals surface area contributed by atoms with E-state index in [1.54, 1.807) is 43.5 Å². The van der Waals surface area contributed by atoms with Crippen molar-refractivity contribution < 1.29 is 23.8 Å². The summed E-state index contributed by atoms with van der Waals surface area (Å²) in [5.41, 5.74) is 0.803. The van der Waals surface area contributed by atoms with Gasteiger partial charge < -0.3 is 14.2 Å². The summed E-state index contributed by atoms with van der Waals surface area (Å²) in [6.45, 7) is 2.27. The summed E-state index contributed by atoms with van der Waals surface area (Å²) in [7, 11) is 3.03. The van der Waals surface area contributed by atoms with Gasteiger partial charge in [0.1, 0.15) is 11.3 Å². The molecule has 3 rings (SSSR count). The molecular weight excluding hydrogens is 428 g/mol. The number of methoxy groups -OCH3 is 2. The number of nitrogens with zero attached hydrogens (tertiary/aromatic N) is 1. The van der Waals surface area contributed by atoms with Crippen LogP contribution in [0.3, 0.4) is 0 Å². The van der Waals surface area contributed by atoms with Crippen LogP contribution < -0.4 is 24.4 Å². The van der Waals surface area contributed by atoms with Crippen molar-refractivity contribution in [3.63, 3.8) is 0 Å². The van der Waals surface area contributed by atoms with Crippen LogP contribution in [0.5, 0.6) is 17.2 Å². The fourth-order valence-corrected chi connectivity index (χ4v) is 3.36. The Kier molecular flexibility index (Phi) is 6.59. The third-order valence-electron chi connectivity index (χ3n) is 4.31. The molecule has 2 aromatic carbocycles. The van der Waals surface area contributed by atoms with E-state index in [0.29, 0.717) is 40.1 Å². The molecule has 2 aromatic rings. The molecule has 1 heterocycles. The van der Waals surface area contributed by atoms with Crippen LogP contribution in [0.1, 0.15) is 12.5 Å². The number of halogens is 1. The lowest BCUT2D eigenvalue weighted by molar-refractivity contribution is -0.122. The van der Waals surface area contributed by atoms with Gasteiger partial charge in [-0.1, -0.05) is 11.6 Å². The smallest absolute Gasteiger partial charge is 0.270 e. The van der Waals surface area contributed by atoms with Crippen LogP contribution in [-0.4, -0.2) is 37.8 Å². The number of amides is 2. The van der Waals surface area contributed by atoms with E-state index in [2.05, 4.69) is 5.32 Å². The van der Waals surface area contributed by atoms with Crippen LogP contribution >= 0.6 is 23.8 Å². The number of nitrogens with one attached hydrogen (secondary N) is 1. The number of rotatable bonds is 6. The van der Waals surface area contributed by atoms with Gasteiger partial charge in [-0.05, 0) is 61.1 Å². The second-order valence-electron chi connectivity index (χ2n) is 6.11. The maximum Gasteiger partial charge on any atom is 0.270 e. The molecule has 2 amide bonds. The predicted molar refractivity (Wildman–Crippen MR) is 118 cm³/mol. The molecule has 0 unspecified atom stereocenters. The average molecular weight is 447 g/mol. The molecule has 156 valence electrons. The van der Waals surface area contributed by atoms with Crippen LogP contribution in [0.4, 0.5) is 5.69 Å². The maximum absolute atomic E-state index is 13.1. The van der Waals surface area contributed by atoms with Crippen molar-refractivity contribution in [2.45, 2.75) is 6.92 Å². The zero-order chi connectivity index (χ0) is 21.8. The van der Waals surface area contributed by atoms with Gasteiger partial charge in [-0.2, -0.15) is 0 Å². The molecule has 9 heteroatoms. The molecule has 1 aliphatic rings. The van der Waals surface area contributed by atoms with Crippen LogP contribution in [0.25, 0.3) is 6.08 Å². The summed E-state index contributed by atoms with van der Waals surface area (Å²) < 4.78 is 16.0. The van der Waals surface area contributed by atoms with E-state index in [1.165, 1.54) is 18.1 Å². The molecule has 1 aliphatic heterocycles. The molecule has 0 saturated carbocycles. The van der Waals surface area contributed by atoms with Crippen LogP contribution in [0.15, 0.2) is 42.0 Å². The number of anilines is 1. The maximum atomic E-state index is 13.1. The summed E-state index contributed by atoms with van der Waals surface area (Å²) in [5, 5.41) is 2.83.